The molecule has 1 amide bonds. The quantitative estimate of drug-likeness (QED) is 0.383. The van der Waals surface area contributed by atoms with Crippen LogP contribution in [0.2, 0.25) is 0 Å². The summed E-state index contributed by atoms with van der Waals surface area (Å²) in [7, 11) is 0. The Kier molecular flexibility index (Phi) is 9.52. The molecule has 0 saturated carbocycles. The monoisotopic (exact) mass is 573 g/mol. The van der Waals surface area contributed by atoms with Gasteiger partial charge in [0.15, 0.2) is 18.7 Å². The molecular weight excluding hydrogens is 549 g/mol. The topological polar surface area (TPSA) is 102 Å². The molecule has 0 aromatic heterocycles. The Morgan fingerprint density at radius 1 is 1.03 bits per heavy atom. The molecule has 2 heterocycles. The van der Waals surface area contributed by atoms with Gasteiger partial charge in [-0.15, -0.1) is 0 Å². The van der Waals surface area contributed by atoms with E-state index >= 15 is 0 Å². The number of alkyl halides is 3. The first kappa shape index (κ1) is 27.9. The SMILES string of the molecule is CC(=O)O[C@H]1[C@@H](NC(=O)OCC(Cl)(Cl)Cl)[C@@H](OCc2ccccc2)O[C@H]2CO[C@@H](c3ccccc3)O[C@@H]12. The zero-order valence-corrected chi connectivity index (χ0v) is 22.0. The Labute approximate surface area is 229 Å². The number of nitrogens with one attached hydrogen (secondary N) is 1. The number of amides is 1. The Morgan fingerprint density at radius 2 is 1.70 bits per heavy atom. The molecule has 2 aliphatic rings. The molecule has 9 nitrogen and oxygen atoms in total. The minimum Gasteiger partial charge on any atom is -0.457 e. The zero-order valence-electron chi connectivity index (χ0n) is 19.8. The number of halogens is 3. The number of benzene rings is 2. The lowest BCUT2D eigenvalue weighted by Crippen LogP contribution is -2.67. The smallest absolute Gasteiger partial charge is 0.407 e. The van der Waals surface area contributed by atoms with Crippen molar-refractivity contribution in [3.8, 4) is 0 Å². The first-order valence-electron chi connectivity index (χ1n) is 11.5. The zero-order chi connectivity index (χ0) is 26.4. The third-order valence-corrected chi connectivity index (χ3v) is 5.95. The Bertz CT molecular complexity index is 1040. The van der Waals surface area contributed by atoms with E-state index in [-0.39, 0.29) is 13.2 Å². The van der Waals surface area contributed by atoms with Gasteiger partial charge in [-0.25, -0.2) is 4.79 Å². The molecule has 2 saturated heterocycles. The lowest BCUT2D eigenvalue weighted by Gasteiger charge is -2.48. The maximum atomic E-state index is 12.6. The van der Waals surface area contributed by atoms with Crippen LogP contribution >= 0.6 is 34.8 Å². The maximum Gasteiger partial charge on any atom is 0.407 e. The summed E-state index contributed by atoms with van der Waals surface area (Å²) in [6.07, 6.45) is -5.16. The number of alkyl carbamates (subject to hydrolysis) is 1. The second-order valence-electron chi connectivity index (χ2n) is 8.45. The molecule has 2 aromatic carbocycles. The number of esters is 1. The summed E-state index contributed by atoms with van der Waals surface area (Å²) >= 11 is 17.1. The summed E-state index contributed by atoms with van der Waals surface area (Å²) in [5.74, 6) is -0.583. The van der Waals surface area contributed by atoms with E-state index in [2.05, 4.69) is 5.32 Å². The average Bonchev–Trinajstić information content (AvgIpc) is 2.88. The van der Waals surface area contributed by atoms with Crippen molar-refractivity contribution in [3.63, 3.8) is 0 Å². The lowest BCUT2D eigenvalue weighted by atomic mass is 9.95. The predicted octanol–water partition coefficient (Wildman–Crippen LogP) is 4.44. The fraction of sp³-hybridized carbons (Fsp3) is 0.440. The van der Waals surface area contributed by atoms with Gasteiger partial charge in [0.05, 0.1) is 13.2 Å². The summed E-state index contributed by atoms with van der Waals surface area (Å²) in [5, 5.41) is 2.64. The van der Waals surface area contributed by atoms with Gasteiger partial charge in [0.1, 0.15) is 24.9 Å². The van der Waals surface area contributed by atoms with Crippen molar-refractivity contribution < 1.29 is 38.0 Å². The van der Waals surface area contributed by atoms with E-state index in [0.29, 0.717) is 0 Å². The van der Waals surface area contributed by atoms with E-state index in [1.54, 1.807) is 0 Å². The first-order valence-corrected chi connectivity index (χ1v) is 12.6. The Morgan fingerprint density at radius 3 is 2.35 bits per heavy atom. The fourth-order valence-corrected chi connectivity index (χ4v) is 4.22. The highest BCUT2D eigenvalue weighted by molar-refractivity contribution is 6.67. The van der Waals surface area contributed by atoms with Crippen LogP contribution in [0.25, 0.3) is 0 Å². The predicted molar refractivity (Wildman–Crippen MR) is 134 cm³/mol. The summed E-state index contributed by atoms with van der Waals surface area (Å²) in [5.41, 5.74) is 1.65. The molecular formula is C25H26Cl3NO8. The van der Waals surface area contributed by atoms with Gasteiger partial charge >= 0.3 is 12.1 Å². The van der Waals surface area contributed by atoms with Gasteiger partial charge in [0.25, 0.3) is 0 Å². The van der Waals surface area contributed by atoms with Crippen LogP contribution in [0.3, 0.4) is 0 Å². The minimum absolute atomic E-state index is 0.137. The molecule has 0 unspecified atom stereocenters. The first-order chi connectivity index (χ1) is 17.7. The van der Waals surface area contributed by atoms with Crippen LogP contribution in [-0.4, -0.2) is 59.7 Å². The number of hydrogen-bond acceptors (Lipinski definition) is 8. The lowest BCUT2D eigenvalue weighted by molar-refractivity contribution is -0.346. The molecule has 0 spiro atoms. The number of carbonyl (C=O) groups excluding carboxylic acids is 2. The Hall–Kier alpha value is -2.11. The normalized spacial score (nSPS) is 27.6. The third kappa shape index (κ3) is 7.94. The molecule has 2 aromatic rings. The van der Waals surface area contributed by atoms with Crippen molar-refractivity contribution in [1.29, 1.82) is 0 Å². The largest absolute Gasteiger partial charge is 0.457 e. The highest BCUT2D eigenvalue weighted by Gasteiger charge is 2.53. The summed E-state index contributed by atoms with van der Waals surface area (Å²) in [4.78, 5) is 24.8. The number of hydrogen-bond donors (Lipinski definition) is 1. The molecule has 37 heavy (non-hydrogen) atoms. The van der Waals surface area contributed by atoms with E-state index in [9.17, 15) is 9.59 Å². The van der Waals surface area contributed by atoms with Crippen LogP contribution in [0.1, 0.15) is 24.3 Å². The molecule has 4 rings (SSSR count). The van der Waals surface area contributed by atoms with Crippen molar-refractivity contribution >= 4 is 46.9 Å². The summed E-state index contributed by atoms with van der Waals surface area (Å²) in [6.45, 7) is 1.05. The Balaban J connectivity index is 1.57. The van der Waals surface area contributed by atoms with Crippen molar-refractivity contribution in [1.82, 2.24) is 5.32 Å². The van der Waals surface area contributed by atoms with Gasteiger partial charge in [-0.2, -0.15) is 0 Å². The van der Waals surface area contributed by atoms with Gasteiger partial charge < -0.3 is 33.7 Å². The van der Waals surface area contributed by atoms with Gasteiger partial charge in [0, 0.05) is 12.5 Å². The van der Waals surface area contributed by atoms with E-state index in [0.717, 1.165) is 11.1 Å². The van der Waals surface area contributed by atoms with Crippen LogP contribution in [0, 0.1) is 0 Å². The molecule has 2 aliphatic heterocycles. The van der Waals surface area contributed by atoms with Gasteiger partial charge in [-0.05, 0) is 5.56 Å². The van der Waals surface area contributed by atoms with Crippen LogP contribution in [-0.2, 0) is 39.8 Å². The van der Waals surface area contributed by atoms with E-state index in [4.69, 9.17) is 63.2 Å². The molecule has 0 radical (unpaired) electrons. The van der Waals surface area contributed by atoms with Crippen LogP contribution in [0.5, 0.6) is 0 Å². The van der Waals surface area contributed by atoms with Crippen LogP contribution in [0.4, 0.5) is 4.79 Å². The van der Waals surface area contributed by atoms with Crippen LogP contribution < -0.4 is 5.32 Å². The molecule has 12 heteroatoms. The van der Waals surface area contributed by atoms with Gasteiger partial charge in [-0.1, -0.05) is 95.5 Å². The van der Waals surface area contributed by atoms with Crippen LogP contribution in [0.15, 0.2) is 60.7 Å². The molecule has 1 N–H and O–H groups in total. The molecule has 200 valence electrons. The number of ether oxygens (including phenoxy) is 6. The highest BCUT2D eigenvalue weighted by atomic mass is 35.6. The van der Waals surface area contributed by atoms with Gasteiger partial charge in [-0.3, -0.25) is 4.79 Å². The van der Waals surface area contributed by atoms with E-state index < -0.39 is 59.4 Å². The number of rotatable bonds is 7. The fourth-order valence-electron chi connectivity index (χ4n) is 4.06. The number of fused-ring (bicyclic) bond motifs is 1. The number of carbonyl (C=O) groups is 2. The van der Waals surface area contributed by atoms with Crippen molar-refractivity contribution in [2.24, 2.45) is 0 Å². The second-order valence-corrected chi connectivity index (χ2v) is 11.0. The van der Waals surface area contributed by atoms with Gasteiger partial charge in [0.2, 0.25) is 3.79 Å². The third-order valence-electron chi connectivity index (χ3n) is 5.62. The van der Waals surface area contributed by atoms with E-state index in [1.165, 1.54) is 6.92 Å². The second kappa shape index (κ2) is 12.6. The molecule has 0 bridgehead atoms. The molecule has 2 fully saturated rings. The standard InChI is InChI=1S/C25H26Cl3NO8/c1-15(30)35-21-19(29-24(31)34-14-25(26,27)28)23(32-12-16-8-4-2-5-9-16)36-18-13-33-22(37-20(18)21)17-10-6-3-7-11-17/h2-11,18-23H,12-14H2,1H3,(H,29,31)/t18-,19+,20+,21-,22+,23-/m0/s1. The minimum atomic E-state index is -1.81. The molecule has 0 aliphatic carbocycles. The van der Waals surface area contributed by atoms with Crippen molar-refractivity contribution in [3.05, 3.63) is 71.8 Å². The van der Waals surface area contributed by atoms with Crippen molar-refractivity contribution in [2.75, 3.05) is 13.2 Å². The van der Waals surface area contributed by atoms with E-state index in [1.807, 2.05) is 60.7 Å². The average molecular weight is 575 g/mol. The maximum absolute atomic E-state index is 12.6. The molecule has 6 atom stereocenters. The summed E-state index contributed by atoms with van der Waals surface area (Å²) in [6, 6.07) is 17.6. The summed E-state index contributed by atoms with van der Waals surface area (Å²) < 4.78 is 33.2. The highest BCUT2D eigenvalue weighted by Crippen LogP contribution is 2.36. The van der Waals surface area contributed by atoms with Crippen molar-refractivity contribution in [2.45, 2.75) is 54.3 Å².